The molecular weight excluding hydrogens is 374 g/mol. The smallest absolute Gasteiger partial charge is 0.329 e. The summed E-state index contributed by atoms with van der Waals surface area (Å²) in [6, 6.07) is 9.04. The average Bonchev–Trinajstić information content (AvgIpc) is 3.15. The van der Waals surface area contributed by atoms with Crippen LogP contribution in [-0.4, -0.2) is 44.3 Å². The average molecular weight is 392 g/mol. The number of aliphatic carboxylic acids is 1. The number of hydrogen-bond donors (Lipinski definition) is 1. The van der Waals surface area contributed by atoms with Crippen LogP contribution in [0.1, 0.15) is 29.2 Å². The lowest BCUT2D eigenvalue weighted by molar-refractivity contribution is -0.147. The third-order valence-corrected chi connectivity index (χ3v) is 5.84. The van der Waals surface area contributed by atoms with E-state index in [4.69, 9.17) is 11.6 Å². The summed E-state index contributed by atoms with van der Waals surface area (Å²) in [4.78, 5) is 26.8. The minimum atomic E-state index is -1.30. The number of benzene rings is 1. The van der Waals surface area contributed by atoms with Gasteiger partial charge in [0.2, 0.25) is 0 Å². The van der Waals surface area contributed by atoms with Crippen molar-refractivity contribution in [2.75, 3.05) is 7.05 Å². The van der Waals surface area contributed by atoms with Gasteiger partial charge in [0.15, 0.2) is 0 Å². The van der Waals surface area contributed by atoms with Crippen LogP contribution in [0.15, 0.2) is 30.3 Å². The van der Waals surface area contributed by atoms with Crippen LogP contribution in [0.4, 0.5) is 0 Å². The van der Waals surface area contributed by atoms with E-state index in [2.05, 4.69) is 5.10 Å². The van der Waals surface area contributed by atoms with Crippen molar-refractivity contribution in [3.8, 4) is 5.69 Å². The molecule has 0 bridgehead atoms. The van der Waals surface area contributed by atoms with Crippen molar-refractivity contribution in [2.45, 2.75) is 26.3 Å². The molecular formula is C18H18ClN3O3S. The van der Waals surface area contributed by atoms with Crippen LogP contribution in [0.3, 0.4) is 0 Å². The van der Waals surface area contributed by atoms with Gasteiger partial charge < -0.3 is 10.0 Å². The molecule has 1 N–H and O–H groups in total. The monoisotopic (exact) mass is 391 g/mol. The maximum atomic E-state index is 12.8. The number of aromatic nitrogens is 2. The molecule has 26 heavy (non-hydrogen) atoms. The summed E-state index contributed by atoms with van der Waals surface area (Å²) in [5, 5.41) is 15.4. The molecule has 0 atom stereocenters. The summed E-state index contributed by atoms with van der Waals surface area (Å²) in [6.07, 6.45) is 0. The van der Waals surface area contributed by atoms with E-state index < -0.39 is 11.5 Å². The Morgan fingerprint density at radius 2 is 1.88 bits per heavy atom. The van der Waals surface area contributed by atoms with Gasteiger partial charge in [-0.2, -0.15) is 5.10 Å². The molecule has 0 saturated heterocycles. The normalized spacial score (nSPS) is 11.7. The van der Waals surface area contributed by atoms with Crippen molar-refractivity contribution in [3.05, 3.63) is 45.9 Å². The van der Waals surface area contributed by atoms with Gasteiger partial charge in [-0.25, -0.2) is 9.48 Å². The second-order valence-corrected chi connectivity index (χ2v) is 8.00. The van der Waals surface area contributed by atoms with Crippen molar-refractivity contribution in [1.82, 2.24) is 14.7 Å². The molecule has 0 aliphatic heterocycles. The predicted octanol–water partition coefficient (Wildman–Crippen LogP) is 3.98. The molecule has 2 aromatic heterocycles. The molecule has 136 valence electrons. The maximum absolute atomic E-state index is 12.8. The van der Waals surface area contributed by atoms with Gasteiger partial charge in [0, 0.05) is 17.5 Å². The number of aryl methyl sites for hydroxylation is 1. The fourth-order valence-electron chi connectivity index (χ4n) is 2.47. The van der Waals surface area contributed by atoms with Gasteiger partial charge in [0.1, 0.15) is 10.4 Å². The largest absolute Gasteiger partial charge is 0.480 e. The molecule has 0 aliphatic carbocycles. The minimum Gasteiger partial charge on any atom is -0.480 e. The number of carbonyl (C=O) groups is 2. The fourth-order valence-corrected chi connectivity index (χ4v) is 3.76. The zero-order valence-electron chi connectivity index (χ0n) is 14.8. The summed E-state index contributed by atoms with van der Waals surface area (Å²) in [6.45, 7) is 4.88. The predicted molar refractivity (Wildman–Crippen MR) is 103 cm³/mol. The van der Waals surface area contributed by atoms with E-state index >= 15 is 0 Å². The Labute approximate surface area is 159 Å². The molecule has 3 rings (SSSR count). The molecule has 1 aromatic carbocycles. The highest BCUT2D eigenvalue weighted by Gasteiger charge is 2.36. The van der Waals surface area contributed by atoms with E-state index in [1.807, 2.05) is 19.1 Å². The molecule has 2 heterocycles. The quantitative estimate of drug-likeness (QED) is 0.729. The first-order chi connectivity index (χ1) is 12.1. The number of nitrogens with zero attached hydrogens (tertiary/aromatic N) is 3. The number of amides is 1. The SMILES string of the molecule is Cc1nn(-c2ccc(Cl)cc2)c2sc(C(=O)N(C)C(C)(C)C(=O)O)cc12. The summed E-state index contributed by atoms with van der Waals surface area (Å²) in [7, 11) is 1.50. The van der Waals surface area contributed by atoms with Gasteiger partial charge in [-0.15, -0.1) is 11.3 Å². The van der Waals surface area contributed by atoms with Gasteiger partial charge in [-0.3, -0.25) is 4.79 Å². The first-order valence-corrected chi connectivity index (χ1v) is 9.09. The van der Waals surface area contributed by atoms with Crippen LogP contribution < -0.4 is 0 Å². The number of rotatable bonds is 4. The van der Waals surface area contributed by atoms with E-state index in [0.29, 0.717) is 9.90 Å². The van der Waals surface area contributed by atoms with Gasteiger partial charge in [0.25, 0.3) is 5.91 Å². The van der Waals surface area contributed by atoms with Crippen LogP contribution in [0.25, 0.3) is 15.9 Å². The van der Waals surface area contributed by atoms with E-state index in [1.54, 1.807) is 22.9 Å². The van der Waals surface area contributed by atoms with Crippen molar-refractivity contribution in [2.24, 2.45) is 0 Å². The lowest BCUT2D eigenvalue weighted by Gasteiger charge is -2.31. The van der Waals surface area contributed by atoms with Gasteiger partial charge >= 0.3 is 5.97 Å². The third-order valence-electron chi connectivity index (χ3n) is 4.49. The molecule has 0 saturated carbocycles. The van der Waals surface area contributed by atoms with Crippen LogP contribution in [-0.2, 0) is 4.79 Å². The number of carboxylic acids is 1. The molecule has 0 fully saturated rings. The second-order valence-electron chi connectivity index (χ2n) is 6.53. The highest BCUT2D eigenvalue weighted by molar-refractivity contribution is 7.20. The van der Waals surface area contributed by atoms with E-state index in [9.17, 15) is 14.7 Å². The van der Waals surface area contributed by atoms with Crippen molar-refractivity contribution < 1.29 is 14.7 Å². The number of likely N-dealkylation sites (N-methyl/N-ethyl adjacent to an activating group) is 1. The van der Waals surface area contributed by atoms with Crippen molar-refractivity contribution in [1.29, 1.82) is 0 Å². The number of thiophene rings is 1. The summed E-state index contributed by atoms with van der Waals surface area (Å²) >= 11 is 7.24. The Bertz CT molecular complexity index is 1000. The zero-order chi connectivity index (χ0) is 19.2. The van der Waals surface area contributed by atoms with E-state index in [1.165, 1.54) is 37.1 Å². The number of halogens is 1. The van der Waals surface area contributed by atoms with Crippen molar-refractivity contribution in [3.63, 3.8) is 0 Å². The number of carboxylic acid groups (broad SMARTS) is 1. The number of carbonyl (C=O) groups excluding carboxylic acids is 1. The Hall–Kier alpha value is -2.38. The van der Waals surface area contributed by atoms with Crippen LogP contribution >= 0.6 is 22.9 Å². The lowest BCUT2D eigenvalue weighted by Crippen LogP contribution is -2.50. The third kappa shape index (κ3) is 2.97. The molecule has 6 nitrogen and oxygen atoms in total. The Balaban J connectivity index is 2.05. The highest BCUT2D eigenvalue weighted by atomic mass is 35.5. The topological polar surface area (TPSA) is 75.4 Å². The van der Waals surface area contributed by atoms with Gasteiger partial charge in [-0.05, 0) is 51.1 Å². The van der Waals surface area contributed by atoms with E-state index in [0.717, 1.165) is 21.6 Å². The summed E-state index contributed by atoms with van der Waals surface area (Å²) in [5.41, 5.74) is 0.336. The molecule has 3 aromatic rings. The van der Waals surface area contributed by atoms with E-state index in [-0.39, 0.29) is 5.91 Å². The molecule has 1 amide bonds. The minimum absolute atomic E-state index is 0.333. The van der Waals surface area contributed by atoms with Crippen LogP contribution in [0.5, 0.6) is 0 Å². The molecule has 0 unspecified atom stereocenters. The Morgan fingerprint density at radius 3 is 2.46 bits per heavy atom. The van der Waals surface area contributed by atoms with Crippen LogP contribution in [0, 0.1) is 6.92 Å². The molecule has 0 spiro atoms. The summed E-state index contributed by atoms with van der Waals surface area (Å²) in [5.74, 6) is -1.39. The fraction of sp³-hybridized carbons (Fsp3) is 0.278. The number of fused-ring (bicyclic) bond motifs is 1. The Morgan fingerprint density at radius 1 is 1.27 bits per heavy atom. The molecule has 0 radical (unpaired) electrons. The second kappa shape index (κ2) is 6.41. The highest BCUT2D eigenvalue weighted by Crippen LogP contribution is 2.32. The standard InChI is InChI=1S/C18H18ClN3O3S/c1-10-13-9-14(15(23)21(4)18(2,3)17(24)25)26-16(13)22(20-10)12-7-5-11(19)6-8-12/h5-9H,1-4H3,(H,24,25). The Kier molecular flexibility index (Phi) is 4.54. The maximum Gasteiger partial charge on any atom is 0.329 e. The first kappa shape index (κ1) is 18.4. The van der Waals surface area contributed by atoms with Crippen molar-refractivity contribution >= 4 is 45.0 Å². The number of hydrogen-bond acceptors (Lipinski definition) is 4. The summed E-state index contributed by atoms with van der Waals surface area (Å²) < 4.78 is 1.77. The van der Waals surface area contributed by atoms with Gasteiger partial charge in [-0.1, -0.05) is 11.6 Å². The molecule has 8 heteroatoms. The molecule has 0 aliphatic rings. The van der Waals surface area contributed by atoms with Gasteiger partial charge in [0.05, 0.1) is 16.3 Å². The van der Waals surface area contributed by atoms with Crippen LogP contribution in [0.2, 0.25) is 5.02 Å². The lowest BCUT2D eigenvalue weighted by atomic mass is 10.0. The zero-order valence-corrected chi connectivity index (χ0v) is 16.4. The first-order valence-electron chi connectivity index (χ1n) is 7.89.